The minimum absolute atomic E-state index is 0.346. The largest absolute Gasteiger partial charge is 0.489 e. The van der Waals surface area contributed by atoms with Crippen molar-refractivity contribution in [3.63, 3.8) is 0 Å². The lowest BCUT2D eigenvalue weighted by molar-refractivity contribution is -0.115. The zero-order chi connectivity index (χ0) is 25.3. The summed E-state index contributed by atoms with van der Waals surface area (Å²) in [6.45, 7) is 14.9. The number of benzene rings is 2. The van der Waals surface area contributed by atoms with Gasteiger partial charge in [-0.25, -0.2) is 0 Å². The number of carbonyl (C=O) groups excluding carboxylic acids is 2. The molecule has 35 heavy (non-hydrogen) atoms. The third kappa shape index (κ3) is 5.10. The van der Waals surface area contributed by atoms with Gasteiger partial charge >= 0.3 is 0 Å². The minimum Gasteiger partial charge on any atom is -0.489 e. The van der Waals surface area contributed by atoms with E-state index < -0.39 is 5.60 Å². The number of hydrogen-bond donors (Lipinski definition) is 1. The van der Waals surface area contributed by atoms with Crippen molar-refractivity contribution in [3.8, 4) is 17.2 Å². The summed E-state index contributed by atoms with van der Waals surface area (Å²) in [5.74, 6) is 2.26. The predicted octanol–water partition coefficient (Wildman–Crippen LogP) is 5.97. The van der Waals surface area contributed by atoms with Crippen LogP contribution in [0.3, 0.4) is 0 Å². The molecule has 1 N–H and O–H groups in total. The lowest BCUT2D eigenvalue weighted by Gasteiger charge is -2.38. The summed E-state index contributed by atoms with van der Waals surface area (Å²) >= 11 is 0.911. The molecule has 7 heteroatoms. The minimum atomic E-state index is -0.466. The Kier molecular flexibility index (Phi) is 6.99. The number of rotatable bonds is 7. The number of ether oxygens (including phenoxy) is 3. The van der Waals surface area contributed by atoms with Crippen molar-refractivity contribution in [2.75, 3.05) is 13.2 Å². The van der Waals surface area contributed by atoms with Crippen LogP contribution in [0.5, 0.6) is 17.2 Å². The van der Waals surface area contributed by atoms with Crippen LogP contribution in [0.25, 0.3) is 6.08 Å². The van der Waals surface area contributed by atoms with E-state index in [2.05, 4.69) is 39.6 Å². The van der Waals surface area contributed by atoms with Gasteiger partial charge in [-0.2, -0.15) is 0 Å². The Labute approximate surface area is 210 Å². The van der Waals surface area contributed by atoms with Crippen LogP contribution in [0.1, 0.15) is 46.7 Å². The van der Waals surface area contributed by atoms with E-state index in [0.29, 0.717) is 18.1 Å². The fourth-order valence-electron chi connectivity index (χ4n) is 4.47. The molecular weight excluding hydrogens is 462 g/mol. The van der Waals surface area contributed by atoms with Crippen LogP contribution in [0.2, 0.25) is 0 Å². The third-order valence-corrected chi connectivity index (χ3v) is 7.39. The van der Waals surface area contributed by atoms with Crippen LogP contribution in [0.4, 0.5) is 4.79 Å². The van der Waals surface area contributed by atoms with Crippen LogP contribution < -0.4 is 19.5 Å². The van der Waals surface area contributed by atoms with Gasteiger partial charge in [0.1, 0.15) is 36.1 Å². The van der Waals surface area contributed by atoms with Gasteiger partial charge in [-0.1, -0.05) is 18.7 Å². The van der Waals surface area contributed by atoms with Crippen LogP contribution in [-0.4, -0.2) is 30.0 Å². The number of thioether (sulfide) groups is 1. The Morgan fingerprint density at radius 2 is 1.91 bits per heavy atom. The SMILES string of the molecule is C=CCOc1c(C)c(C)c2c(c1C)CCC(C)(COc1ccc(/C=C3\SC(=O)NC3=O)cc1C)O2. The van der Waals surface area contributed by atoms with Gasteiger partial charge in [0.15, 0.2) is 0 Å². The zero-order valence-corrected chi connectivity index (χ0v) is 21.7. The smallest absolute Gasteiger partial charge is 0.290 e. The Balaban J connectivity index is 1.49. The van der Waals surface area contributed by atoms with Gasteiger partial charge in [0.25, 0.3) is 11.1 Å². The van der Waals surface area contributed by atoms with Crippen molar-refractivity contribution in [2.24, 2.45) is 0 Å². The molecule has 1 fully saturated rings. The molecule has 0 saturated carbocycles. The van der Waals surface area contributed by atoms with E-state index in [1.807, 2.05) is 25.1 Å². The number of nitrogens with one attached hydrogen (secondary N) is 1. The number of amides is 2. The van der Waals surface area contributed by atoms with E-state index in [4.69, 9.17) is 14.2 Å². The summed E-state index contributed by atoms with van der Waals surface area (Å²) in [5, 5.41) is 1.93. The lowest BCUT2D eigenvalue weighted by atomic mass is 9.87. The van der Waals surface area contributed by atoms with E-state index in [1.165, 1.54) is 5.56 Å². The first-order valence-corrected chi connectivity index (χ1v) is 12.5. The molecule has 2 aliphatic rings. The van der Waals surface area contributed by atoms with Crippen molar-refractivity contribution in [1.82, 2.24) is 5.32 Å². The normalized spacial score (nSPS) is 20.3. The predicted molar refractivity (Wildman–Crippen MR) is 139 cm³/mol. The number of aryl methyl sites for hydroxylation is 1. The molecule has 2 amide bonds. The molecule has 2 aromatic rings. The first kappa shape index (κ1) is 24.9. The molecule has 2 heterocycles. The second kappa shape index (κ2) is 9.82. The summed E-state index contributed by atoms with van der Waals surface area (Å²) in [5.41, 5.74) is 5.83. The molecular formula is C28H31NO5S. The second-order valence-electron chi connectivity index (χ2n) is 9.33. The van der Waals surface area contributed by atoms with E-state index in [0.717, 1.165) is 69.7 Å². The molecule has 6 nitrogen and oxygen atoms in total. The average molecular weight is 494 g/mol. The number of imide groups is 1. The maximum atomic E-state index is 11.8. The van der Waals surface area contributed by atoms with Gasteiger partial charge in [-0.3, -0.25) is 14.9 Å². The highest BCUT2D eigenvalue weighted by Crippen LogP contribution is 2.44. The Morgan fingerprint density at radius 1 is 1.14 bits per heavy atom. The average Bonchev–Trinajstić information content (AvgIpc) is 3.13. The van der Waals surface area contributed by atoms with Crippen LogP contribution in [0, 0.1) is 27.7 Å². The fourth-order valence-corrected chi connectivity index (χ4v) is 5.15. The molecule has 1 atom stereocenters. The van der Waals surface area contributed by atoms with E-state index in [9.17, 15) is 9.59 Å². The summed E-state index contributed by atoms with van der Waals surface area (Å²) in [7, 11) is 0. The van der Waals surface area contributed by atoms with Gasteiger partial charge in [-0.05, 0) is 105 Å². The number of carbonyl (C=O) groups is 2. The maximum Gasteiger partial charge on any atom is 0.290 e. The summed E-state index contributed by atoms with van der Waals surface area (Å²) < 4.78 is 18.7. The van der Waals surface area contributed by atoms with Gasteiger partial charge < -0.3 is 14.2 Å². The molecule has 1 saturated heterocycles. The molecule has 2 aromatic carbocycles. The summed E-state index contributed by atoms with van der Waals surface area (Å²) in [6.07, 6.45) is 5.18. The molecule has 0 radical (unpaired) electrons. The molecule has 2 aliphatic heterocycles. The van der Waals surface area contributed by atoms with Crippen LogP contribution in [0.15, 0.2) is 35.8 Å². The van der Waals surface area contributed by atoms with Gasteiger partial charge in [0, 0.05) is 5.56 Å². The molecule has 184 valence electrons. The van der Waals surface area contributed by atoms with E-state index >= 15 is 0 Å². The quantitative estimate of drug-likeness (QED) is 0.378. The van der Waals surface area contributed by atoms with Crippen molar-refractivity contribution in [1.29, 1.82) is 0 Å². The Hall–Kier alpha value is -3.19. The zero-order valence-electron chi connectivity index (χ0n) is 20.9. The summed E-state index contributed by atoms with van der Waals surface area (Å²) in [4.78, 5) is 23.6. The lowest BCUT2D eigenvalue weighted by Crippen LogP contribution is -2.42. The number of hydrogen-bond acceptors (Lipinski definition) is 6. The summed E-state index contributed by atoms with van der Waals surface area (Å²) in [6, 6.07) is 5.72. The fraction of sp³-hybridized carbons (Fsp3) is 0.357. The monoisotopic (exact) mass is 493 g/mol. The molecule has 1 unspecified atom stereocenters. The van der Waals surface area contributed by atoms with E-state index in [-0.39, 0.29) is 11.1 Å². The highest BCUT2D eigenvalue weighted by Gasteiger charge is 2.36. The molecule has 0 aliphatic carbocycles. The number of fused-ring (bicyclic) bond motifs is 1. The van der Waals surface area contributed by atoms with Crippen LogP contribution in [-0.2, 0) is 11.2 Å². The van der Waals surface area contributed by atoms with E-state index in [1.54, 1.807) is 12.2 Å². The molecule has 0 aromatic heterocycles. The Morgan fingerprint density at radius 3 is 2.57 bits per heavy atom. The van der Waals surface area contributed by atoms with Gasteiger partial charge in [0.2, 0.25) is 0 Å². The van der Waals surface area contributed by atoms with Crippen LogP contribution >= 0.6 is 11.8 Å². The highest BCUT2D eigenvalue weighted by atomic mass is 32.2. The third-order valence-electron chi connectivity index (χ3n) is 6.58. The first-order chi connectivity index (χ1) is 16.6. The maximum absolute atomic E-state index is 11.8. The first-order valence-electron chi connectivity index (χ1n) is 11.7. The second-order valence-corrected chi connectivity index (χ2v) is 10.3. The van der Waals surface area contributed by atoms with Crippen molar-refractivity contribution >= 4 is 29.0 Å². The molecule has 4 rings (SSSR count). The Bertz CT molecular complexity index is 1250. The van der Waals surface area contributed by atoms with Crippen molar-refractivity contribution in [3.05, 3.63) is 69.1 Å². The van der Waals surface area contributed by atoms with Crippen molar-refractivity contribution in [2.45, 2.75) is 53.1 Å². The van der Waals surface area contributed by atoms with Gasteiger partial charge in [-0.15, -0.1) is 0 Å². The molecule has 0 bridgehead atoms. The highest BCUT2D eigenvalue weighted by molar-refractivity contribution is 8.18. The standard InChI is InChI=1S/C28H31NO5S/c1-7-12-32-24-17(3)18(4)25-21(19(24)5)10-11-28(6,34-25)15-33-22-9-8-20(13-16(22)2)14-23-26(30)29-27(31)35-23/h7-9,13-14H,1,10-12,15H2,2-6H3,(H,29,30,31)/b23-14-. The van der Waals surface area contributed by atoms with Gasteiger partial charge in [0.05, 0.1) is 4.91 Å². The molecule has 0 spiro atoms. The van der Waals surface area contributed by atoms with Crippen molar-refractivity contribution < 1.29 is 23.8 Å². The topological polar surface area (TPSA) is 73.9 Å².